The number of rotatable bonds is 4. The third kappa shape index (κ3) is 3.50. The number of hydrogen-bond donors (Lipinski definition) is 1. The standard InChI is InChI=1S/C18H20N2O5S/c1-12-15(5-4-6-16(12)20(21)22)19-26(23,24)14-7-8-17-13(11-14)9-10-18(2,3)25-17/h4-8,11,19H,9-10H2,1-3H3. The van der Waals surface area contributed by atoms with E-state index >= 15 is 0 Å². The lowest BCUT2D eigenvalue weighted by Crippen LogP contribution is -2.32. The lowest BCUT2D eigenvalue weighted by atomic mass is 9.94. The molecule has 0 unspecified atom stereocenters. The molecule has 0 fully saturated rings. The number of nitrogens with one attached hydrogen (secondary N) is 1. The van der Waals surface area contributed by atoms with Gasteiger partial charge in [0.05, 0.1) is 21.1 Å². The quantitative estimate of drug-likeness (QED) is 0.646. The van der Waals surface area contributed by atoms with Gasteiger partial charge in [-0.3, -0.25) is 14.8 Å². The van der Waals surface area contributed by atoms with Crippen molar-refractivity contribution in [2.75, 3.05) is 4.72 Å². The van der Waals surface area contributed by atoms with Gasteiger partial charge in [0.15, 0.2) is 0 Å². The highest BCUT2D eigenvalue weighted by Crippen LogP contribution is 2.35. The zero-order valence-electron chi connectivity index (χ0n) is 14.8. The fraction of sp³-hybridized carbons (Fsp3) is 0.333. The second-order valence-corrected chi connectivity index (χ2v) is 8.63. The number of sulfonamides is 1. The number of fused-ring (bicyclic) bond motifs is 1. The van der Waals surface area contributed by atoms with Crippen molar-refractivity contribution in [1.29, 1.82) is 0 Å². The van der Waals surface area contributed by atoms with Crippen LogP contribution in [0.15, 0.2) is 41.3 Å². The molecule has 0 saturated carbocycles. The lowest BCUT2D eigenvalue weighted by Gasteiger charge is -2.32. The highest BCUT2D eigenvalue weighted by Gasteiger charge is 2.28. The molecule has 0 spiro atoms. The molecule has 2 aromatic carbocycles. The van der Waals surface area contributed by atoms with Gasteiger partial charge in [-0.05, 0) is 63.4 Å². The molecular formula is C18H20N2O5S. The number of nitrogens with zero attached hydrogens (tertiary/aromatic N) is 1. The fourth-order valence-corrected chi connectivity index (χ4v) is 4.11. The summed E-state index contributed by atoms with van der Waals surface area (Å²) in [5, 5.41) is 11.0. The first kappa shape index (κ1) is 18.2. The first-order valence-corrected chi connectivity index (χ1v) is 9.66. The third-order valence-electron chi connectivity index (χ3n) is 4.47. The van der Waals surface area contributed by atoms with E-state index in [9.17, 15) is 18.5 Å². The molecule has 8 heteroatoms. The van der Waals surface area contributed by atoms with E-state index in [4.69, 9.17) is 4.74 Å². The van der Waals surface area contributed by atoms with E-state index in [2.05, 4.69) is 4.72 Å². The highest BCUT2D eigenvalue weighted by atomic mass is 32.2. The number of nitro groups is 1. The molecule has 26 heavy (non-hydrogen) atoms. The van der Waals surface area contributed by atoms with Gasteiger partial charge in [0, 0.05) is 6.07 Å². The maximum absolute atomic E-state index is 12.7. The second-order valence-electron chi connectivity index (χ2n) is 6.94. The van der Waals surface area contributed by atoms with E-state index in [0.717, 1.165) is 18.4 Å². The second kappa shape index (κ2) is 6.28. The van der Waals surface area contributed by atoms with Crippen LogP contribution in [0, 0.1) is 17.0 Å². The van der Waals surface area contributed by atoms with Gasteiger partial charge in [-0.15, -0.1) is 0 Å². The first-order valence-electron chi connectivity index (χ1n) is 8.18. The number of ether oxygens (including phenoxy) is 1. The predicted molar refractivity (Wildman–Crippen MR) is 98.1 cm³/mol. The van der Waals surface area contributed by atoms with E-state index in [-0.39, 0.29) is 27.4 Å². The molecule has 1 aliphatic heterocycles. The Balaban J connectivity index is 1.93. The van der Waals surface area contributed by atoms with E-state index in [0.29, 0.717) is 5.75 Å². The molecule has 1 aliphatic rings. The third-order valence-corrected chi connectivity index (χ3v) is 5.83. The van der Waals surface area contributed by atoms with Crippen LogP contribution in [0.3, 0.4) is 0 Å². The molecule has 2 aromatic rings. The van der Waals surface area contributed by atoms with Crippen LogP contribution >= 0.6 is 0 Å². The van der Waals surface area contributed by atoms with Crippen molar-refractivity contribution in [3.63, 3.8) is 0 Å². The Bertz CT molecular complexity index is 983. The zero-order valence-corrected chi connectivity index (χ0v) is 15.6. The van der Waals surface area contributed by atoms with E-state index in [1.807, 2.05) is 13.8 Å². The molecule has 7 nitrogen and oxygen atoms in total. The van der Waals surface area contributed by atoms with Crippen molar-refractivity contribution in [1.82, 2.24) is 0 Å². The summed E-state index contributed by atoms with van der Waals surface area (Å²) >= 11 is 0. The Morgan fingerprint density at radius 3 is 2.65 bits per heavy atom. The van der Waals surface area contributed by atoms with Crippen LogP contribution in [0.2, 0.25) is 0 Å². The molecular weight excluding hydrogens is 356 g/mol. The summed E-state index contributed by atoms with van der Waals surface area (Å²) in [7, 11) is -3.87. The summed E-state index contributed by atoms with van der Waals surface area (Å²) in [4.78, 5) is 10.6. The summed E-state index contributed by atoms with van der Waals surface area (Å²) in [6.45, 7) is 5.50. The summed E-state index contributed by atoms with van der Waals surface area (Å²) in [6.07, 6.45) is 1.52. The summed E-state index contributed by atoms with van der Waals surface area (Å²) in [6, 6.07) is 9.03. The van der Waals surface area contributed by atoms with Gasteiger partial charge in [0.1, 0.15) is 11.4 Å². The molecule has 0 amide bonds. The Morgan fingerprint density at radius 1 is 1.23 bits per heavy atom. The van der Waals surface area contributed by atoms with Gasteiger partial charge in [-0.1, -0.05) is 6.07 Å². The van der Waals surface area contributed by atoms with Crippen LogP contribution in [0.4, 0.5) is 11.4 Å². The molecule has 1 heterocycles. The Kier molecular flexibility index (Phi) is 4.39. The van der Waals surface area contributed by atoms with Gasteiger partial charge < -0.3 is 4.74 Å². The topological polar surface area (TPSA) is 98.5 Å². The number of aryl methyl sites for hydroxylation is 1. The van der Waals surface area contributed by atoms with Crippen LogP contribution in [-0.4, -0.2) is 18.9 Å². The normalized spacial score (nSPS) is 15.7. The van der Waals surface area contributed by atoms with Crippen LogP contribution in [0.1, 0.15) is 31.4 Å². The van der Waals surface area contributed by atoms with Crippen molar-refractivity contribution in [2.24, 2.45) is 0 Å². The molecule has 0 radical (unpaired) electrons. The SMILES string of the molecule is Cc1c(NS(=O)(=O)c2ccc3c(c2)CCC(C)(C)O3)cccc1[N+](=O)[O-]. The molecule has 0 aliphatic carbocycles. The number of anilines is 1. The molecule has 0 bridgehead atoms. The van der Waals surface area contributed by atoms with Crippen LogP contribution in [0.25, 0.3) is 0 Å². The molecule has 0 atom stereocenters. The summed E-state index contributed by atoms with van der Waals surface area (Å²) in [5.74, 6) is 0.687. The number of benzene rings is 2. The molecule has 3 rings (SSSR count). The Hall–Kier alpha value is -2.61. The molecule has 1 N–H and O–H groups in total. The molecule has 0 aromatic heterocycles. The minimum atomic E-state index is -3.87. The Morgan fingerprint density at radius 2 is 1.96 bits per heavy atom. The monoisotopic (exact) mass is 376 g/mol. The van der Waals surface area contributed by atoms with Gasteiger partial charge in [0.25, 0.3) is 15.7 Å². The van der Waals surface area contributed by atoms with E-state index in [1.54, 1.807) is 12.1 Å². The van der Waals surface area contributed by atoms with Crippen molar-refractivity contribution in [3.05, 3.63) is 57.6 Å². The lowest BCUT2D eigenvalue weighted by molar-refractivity contribution is -0.385. The van der Waals surface area contributed by atoms with Gasteiger partial charge >= 0.3 is 0 Å². The summed E-state index contributed by atoms with van der Waals surface area (Å²) < 4.78 is 33.8. The maximum Gasteiger partial charge on any atom is 0.274 e. The van der Waals surface area contributed by atoms with Crippen molar-refractivity contribution in [3.8, 4) is 5.75 Å². The van der Waals surface area contributed by atoms with Gasteiger partial charge in [0.2, 0.25) is 0 Å². The average molecular weight is 376 g/mol. The van der Waals surface area contributed by atoms with Crippen molar-refractivity contribution >= 4 is 21.4 Å². The average Bonchev–Trinajstić information content (AvgIpc) is 2.55. The fourth-order valence-electron chi connectivity index (χ4n) is 2.94. The largest absolute Gasteiger partial charge is 0.488 e. The predicted octanol–water partition coefficient (Wildman–Crippen LogP) is 3.81. The van der Waals surface area contributed by atoms with Crippen LogP contribution in [-0.2, 0) is 16.4 Å². The first-order chi connectivity index (χ1) is 12.1. The number of hydrogen-bond acceptors (Lipinski definition) is 5. The van der Waals surface area contributed by atoms with E-state index in [1.165, 1.54) is 31.2 Å². The van der Waals surface area contributed by atoms with Crippen molar-refractivity contribution < 1.29 is 18.1 Å². The van der Waals surface area contributed by atoms with Crippen LogP contribution < -0.4 is 9.46 Å². The van der Waals surface area contributed by atoms with Crippen LogP contribution in [0.5, 0.6) is 5.75 Å². The smallest absolute Gasteiger partial charge is 0.274 e. The van der Waals surface area contributed by atoms with E-state index < -0.39 is 14.9 Å². The number of nitro benzene ring substituents is 1. The molecule has 138 valence electrons. The zero-order chi connectivity index (χ0) is 19.1. The van der Waals surface area contributed by atoms with Gasteiger partial charge in [-0.2, -0.15) is 0 Å². The van der Waals surface area contributed by atoms with Crippen molar-refractivity contribution in [2.45, 2.75) is 44.1 Å². The molecule has 0 saturated heterocycles. The minimum absolute atomic E-state index is 0.102. The maximum atomic E-state index is 12.7. The highest BCUT2D eigenvalue weighted by molar-refractivity contribution is 7.92. The Labute approximate surface area is 152 Å². The summed E-state index contributed by atoms with van der Waals surface area (Å²) in [5.41, 5.74) is 0.888. The van der Waals surface area contributed by atoms with Gasteiger partial charge in [-0.25, -0.2) is 8.42 Å². The minimum Gasteiger partial charge on any atom is -0.488 e.